The number of carboxylic acids is 1. The number of aliphatic carboxylic acids is 1. The molecule has 2 rings (SSSR count). The number of rotatable bonds is 9. The molecule has 0 spiro atoms. The summed E-state index contributed by atoms with van der Waals surface area (Å²) < 4.78 is 26.6. The van der Waals surface area contributed by atoms with Gasteiger partial charge in [-0.05, 0) is 60.5 Å². The molecule has 166 valence electrons. The Morgan fingerprint density at radius 3 is 2.26 bits per heavy atom. The molecule has 0 amide bonds. The molecule has 0 saturated heterocycles. The van der Waals surface area contributed by atoms with Gasteiger partial charge in [0.25, 0.3) is 0 Å². The first-order valence-corrected chi connectivity index (χ1v) is 11.5. The lowest BCUT2D eigenvalue weighted by atomic mass is 10.0. The molecule has 10 heteroatoms. The van der Waals surface area contributed by atoms with Crippen LogP contribution in [0.15, 0.2) is 58.5 Å². The van der Waals surface area contributed by atoms with Crippen LogP contribution in [0.25, 0.3) is 0 Å². The fourth-order valence-electron chi connectivity index (χ4n) is 2.56. The fourth-order valence-corrected chi connectivity index (χ4v) is 3.76. The molecule has 0 aliphatic heterocycles. The Hall–Kier alpha value is -2.82. The molecule has 0 aliphatic rings. The summed E-state index contributed by atoms with van der Waals surface area (Å²) in [4.78, 5) is 10.6. The Balaban J connectivity index is 1.95. The smallest absolute Gasteiger partial charge is 0.304 e. The van der Waals surface area contributed by atoms with Crippen molar-refractivity contribution in [2.24, 2.45) is 5.10 Å². The zero-order valence-corrected chi connectivity index (χ0v) is 19.2. The van der Waals surface area contributed by atoms with Crippen molar-refractivity contribution in [1.82, 2.24) is 10.1 Å². The van der Waals surface area contributed by atoms with Gasteiger partial charge in [-0.25, -0.2) is 13.1 Å². The van der Waals surface area contributed by atoms with Crippen LogP contribution >= 0.6 is 12.2 Å². The van der Waals surface area contributed by atoms with Gasteiger partial charge in [0.15, 0.2) is 5.11 Å². The van der Waals surface area contributed by atoms with Gasteiger partial charge in [0.2, 0.25) is 10.0 Å². The molecule has 0 aliphatic carbocycles. The first kappa shape index (κ1) is 24.4. The van der Waals surface area contributed by atoms with Gasteiger partial charge < -0.3 is 10.4 Å². The second-order valence-corrected chi connectivity index (χ2v) is 9.28. The number of nitrogens with one attached hydrogen (secondary N) is 3. The average molecular weight is 463 g/mol. The topological polar surface area (TPSA) is 120 Å². The molecule has 31 heavy (non-hydrogen) atoms. The van der Waals surface area contributed by atoms with E-state index in [9.17, 15) is 13.2 Å². The molecule has 0 radical (unpaired) electrons. The zero-order chi connectivity index (χ0) is 23.0. The van der Waals surface area contributed by atoms with Gasteiger partial charge in [0, 0.05) is 12.2 Å². The number of carboxylic acid groups (broad SMARTS) is 1. The Labute approximate surface area is 187 Å². The number of benzene rings is 2. The van der Waals surface area contributed by atoms with Crippen molar-refractivity contribution in [3.8, 4) is 0 Å². The number of hydrogen-bond acceptors (Lipinski definition) is 5. The van der Waals surface area contributed by atoms with Crippen LogP contribution in [-0.2, 0) is 14.8 Å². The van der Waals surface area contributed by atoms with Crippen LogP contribution in [0.4, 0.5) is 5.69 Å². The second-order valence-electron chi connectivity index (χ2n) is 7.11. The predicted octanol–water partition coefficient (Wildman–Crippen LogP) is 3.27. The van der Waals surface area contributed by atoms with Crippen LogP contribution in [0.3, 0.4) is 0 Å². The number of thiocarbonyl (C=S) groups is 1. The van der Waals surface area contributed by atoms with E-state index in [1.54, 1.807) is 19.1 Å². The van der Waals surface area contributed by atoms with Crippen LogP contribution in [0.2, 0.25) is 0 Å². The lowest BCUT2D eigenvalue weighted by Crippen LogP contribution is -2.26. The van der Waals surface area contributed by atoms with Crippen molar-refractivity contribution in [2.45, 2.75) is 38.0 Å². The molecule has 2 aromatic rings. The number of sulfonamides is 1. The number of carbonyl (C=O) groups is 1. The number of hydrogen-bond donors (Lipinski definition) is 4. The molecule has 0 saturated carbocycles. The number of nitrogens with zero attached hydrogens (tertiary/aromatic N) is 1. The van der Waals surface area contributed by atoms with Crippen molar-refractivity contribution < 1.29 is 18.3 Å². The fraction of sp³-hybridized carbons (Fsp3) is 0.286. The lowest BCUT2D eigenvalue weighted by Gasteiger charge is -2.10. The summed E-state index contributed by atoms with van der Waals surface area (Å²) in [7, 11) is -3.77. The van der Waals surface area contributed by atoms with E-state index < -0.39 is 16.0 Å². The molecule has 4 N–H and O–H groups in total. The molecule has 0 atom stereocenters. The number of anilines is 1. The summed E-state index contributed by atoms with van der Waals surface area (Å²) in [6, 6.07) is 14.1. The Bertz CT molecular complexity index is 1050. The molecular formula is C21H26N4O4S2. The Morgan fingerprint density at radius 1 is 1.10 bits per heavy atom. The molecule has 0 unspecified atom stereocenters. The molecule has 0 bridgehead atoms. The first-order valence-electron chi connectivity index (χ1n) is 9.61. The highest BCUT2D eigenvalue weighted by atomic mass is 32.2. The van der Waals surface area contributed by atoms with Gasteiger partial charge in [-0.1, -0.05) is 38.1 Å². The van der Waals surface area contributed by atoms with E-state index in [1.807, 2.05) is 24.3 Å². The van der Waals surface area contributed by atoms with E-state index in [2.05, 4.69) is 34.4 Å². The van der Waals surface area contributed by atoms with Crippen LogP contribution < -0.4 is 15.5 Å². The molecule has 2 aromatic carbocycles. The third-order valence-corrected chi connectivity index (χ3v) is 6.04. The predicted molar refractivity (Wildman–Crippen MR) is 126 cm³/mol. The highest BCUT2D eigenvalue weighted by molar-refractivity contribution is 7.89. The third kappa shape index (κ3) is 7.74. The van der Waals surface area contributed by atoms with Crippen molar-refractivity contribution in [3.05, 3.63) is 59.7 Å². The summed E-state index contributed by atoms with van der Waals surface area (Å²) in [6.07, 6.45) is -0.287. The maximum Gasteiger partial charge on any atom is 0.304 e. The van der Waals surface area contributed by atoms with E-state index >= 15 is 0 Å². The van der Waals surface area contributed by atoms with Gasteiger partial charge >= 0.3 is 5.97 Å². The second kappa shape index (κ2) is 11.0. The minimum atomic E-state index is -3.77. The van der Waals surface area contributed by atoms with E-state index in [0.717, 1.165) is 5.69 Å². The zero-order valence-electron chi connectivity index (χ0n) is 17.5. The lowest BCUT2D eigenvalue weighted by molar-refractivity contribution is -0.136. The van der Waals surface area contributed by atoms with E-state index in [4.69, 9.17) is 17.3 Å². The maximum absolute atomic E-state index is 12.2. The summed E-state index contributed by atoms with van der Waals surface area (Å²) in [6.45, 7) is 5.85. The summed E-state index contributed by atoms with van der Waals surface area (Å²) in [5.74, 6) is -0.620. The van der Waals surface area contributed by atoms with Gasteiger partial charge in [0.05, 0.1) is 17.0 Å². The Kier molecular flexibility index (Phi) is 8.66. The van der Waals surface area contributed by atoms with Crippen LogP contribution in [0.1, 0.15) is 44.2 Å². The highest BCUT2D eigenvalue weighted by Gasteiger charge is 2.14. The SMILES string of the molecule is CC(=NNC(=S)Nc1ccc(C(C)C)cc1)c1ccc(S(=O)(=O)NCCC(=O)O)cc1. The maximum atomic E-state index is 12.2. The molecule has 8 nitrogen and oxygen atoms in total. The van der Waals surface area contributed by atoms with Crippen molar-refractivity contribution in [2.75, 3.05) is 11.9 Å². The van der Waals surface area contributed by atoms with E-state index in [0.29, 0.717) is 22.3 Å². The minimum Gasteiger partial charge on any atom is -0.481 e. The van der Waals surface area contributed by atoms with Crippen molar-refractivity contribution >= 4 is 44.7 Å². The molecular weight excluding hydrogens is 436 g/mol. The normalized spacial score (nSPS) is 11.9. The summed E-state index contributed by atoms with van der Waals surface area (Å²) in [5, 5.41) is 16.2. The largest absolute Gasteiger partial charge is 0.481 e. The standard InChI is InChI=1S/C21H26N4O4S2/c1-14(2)16-4-8-18(9-5-16)23-21(30)25-24-15(3)17-6-10-19(11-7-17)31(28,29)22-13-12-20(26)27/h4-11,14,22H,12-13H2,1-3H3,(H,26,27)(H2,23,25,30). The van der Waals surface area contributed by atoms with Crippen molar-refractivity contribution in [3.63, 3.8) is 0 Å². The van der Waals surface area contributed by atoms with Gasteiger partial charge in [-0.3, -0.25) is 10.2 Å². The first-order chi connectivity index (χ1) is 14.6. The summed E-state index contributed by atoms with van der Waals surface area (Å²) in [5.41, 5.74) is 6.18. The van der Waals surface area contributed by atoms with Crippen molar-refractivity contribution in [1.29, 1.82) is 0 Å². The molecule has 0 fully saturated rings. The van der Waals surface area contributed by atoms with Gasteiger partial charge in [0.1, 0.15) is 0 Å². The summed E-state index contributed by atoms with van der Waals surface area (Å²) >= 11 is 5.26. The highest BCUT2D eigenvalue weighted by Crippen LogP contribution is 2.17. The van der Waals surface area contributed by atoms with Gasteiger partial charge in [-0.15, -0.1) is 0 Å². The van der Waals surface area contributed by atoms with E-state index in [-0.39, 0.29) is 17.9 Å². The molecule has 0 heterocycles. The quantitative estimate of drug-likeness (QED) is 0.256. The number of hydrazone groups is 1. The monoisotopic (exact) mass is 462 g/mol. The van der Waals surface area contributed by atoms with Crippen LogP contribution in [-0.4, -0.2) is 36.9 Å². The van der Waals surface area contributed by atoms with Crippen LogP contribution in [0, 0.1) is 0 Å². The Morgan fingerprint density at radius 2 is 1.71 bits per heavy atom. The minimum absolute atomic E-state index is 0.0458. The third-order valence-electron chi connectivity index (χ3n) is 4.37. The molecule has 0 aromatic heterocycles. The van der Waals surface area contributed by atoms with Gasteiger partial charge in [-0.2, -0.15) is 5.10 Å². The van der Waals surface area contributed by atoms with E-state index in [1.165, 1.54) is 17.7 Å². The average Bonchev–Trinajstić information content (AvgIpc) is 2.72. The van der Waals surface area contributed by atoms with Crippen LogP contribution in [0.5, 0.6) is 0 Å².